The van der Waals surface area contributed by atoms with Gasteiger partial charge in [0.2, 0.25) is 0 Å². The molecule has 1 fully saturated rings. The number of hydrogen-bond donors (Lipinski definition) is 2. The minimum Gasteiger partial charge on any atom is -0.481 e. The van der Waals surface area contributed by atoms with Gasteiger partial charge in [-0.2, -0.15) is 0 Å². The number of carboxylic acid groups (broad SMARTS) is 1. The van der Waals surface area contributed by atoms with Crippen molar-refractivity contribution in [3.63, 3.8) is 0 Å². The summed E-state index contributed by atoms with van der Waals surface area (Å²) in [4.78, 5) is 24.6. The Morgan fingerprint density at radius 3 is 2.90 bits per heavy atom. The van der Waals surface area contributed by atoms with Gasteiger partial charge in [-0.1, -0.05) is 6.07 Å². The second-order valence-corrected chi connectivity index (χ2v) is 5.22. The Morgan fingerprint density at radius 1 is 1.38 bits per heavy atom. The molecule has 0 saturated carbocycles. The Bertz CT molecular complexity index is 521. The Hall–Kier alpha value is -2.11. The summed E-state index contributed by atoms with van der Waals surface area (Å²) in [6.45, 7) is 0.603. The summed E-state index contributed by atoms with van der Waals surface area (Å²) in [5.41, 5.74) is 0.405. The molecule has 2 rings (SSSR count). The lowest BCUT2D eigenvalue weighted by atomic mass is 9.98. The number of urea groups is 1. The molecule has 6 heteroatoms. The summed E-state index contributed by atoms with van der Waals surface area (Å²) in [6.07, 6.45) is 3.21. The van der Waals surface area contributed by atoms with E-state index in [2.05, 4.69) is 5.32 Å². The molecule has 1 unspecified atom stereocenters. The summed E-state index contributed by atoms with van der Waals surface area (Å²) in [7, 11) is 0. The van der Waals surface area contributed by atoms with Crippen molar-refractivity contribution in [2.75, 3.05) is 11.9 Å². The van der Waals surface area contributed by atoms with Crippen LogP contribution in [0.2, 0.25) is 0 Å². The lowest BCUT2D eigenvalue weighted by Crippen LogP contribution is -2.46. The van der Waals surface area contributed by atoms with Crippen molar-refractivity contribution in [2.24, 2.45) is 0 Å². The van der Waals surface area contributed by atoms with Crippen LogP contribution in [0, 0.1) is 5.82 Å². The average Bonchev–Trinajstić information content (AvgIpc) is 2.45. The van der Waals surface area contributed by atoms with Gasteiger partial charge in [-0.25, -0.2) is 9.18 Å². The van der Waals surface area contributed by atoms with Crippen molar-refractivity contribution in [1.29, 1.82) is 0 Å². The molecule has 1 heterocycles. The van der Waals surface area contributed by atoms with E-state index in [0.717, 1.165) is 19.3 Å². The summed E-state index contributed by atoms with van der Waals surface area (Å²) in [5.74, 6) is -1.26. The maximum Gasteiger partial charge on any atom is 0.322 e. The van der Waals surface area contributed by atoms with Crippen molar-refractivity contribution < 1.29 is 19.1 Å². The molecule has 1 aromatic rings. The van der Waals surface area contributed by atoms with Gasteiger partial charge in [0, 0.05) is 24.7 Å². The van der Waals surface area contributed by atoms with Gasteiger partial charge < -0.3 is 15.3 Å². The van der Waals surface area contributed by atoms with Gasteiger partial charge in [-0.3, -0.25) is 4.79 Å². The van der Waals surface area contributed by atoms with Crippen LogP contribution in [0.3, 0.4) is 0 Å². The molecule has 21 heavy (non-hydrogen) atoms. The van der Waals surface area contributed by atoms with E-state index in [1.165, 1.54) is 18.2 Å². The number of anilines is 1. The van der Waals surface area contributed by atoms with Crippen molar-refractivity contribution >= 4 is 17.7 Å². The van der Waals surface area contributed by atoms with Crippen LogP contribution in [-0.4, -0.2) is 34.6 Å². The van der Waals surface area contributed by atoms with Crippen LogP contribution in [0.4, 0.5) is 14.9 Å². The zero-order chi connectivity index (χ0) is 15.2. The molecule has 2 N–H and O–H groups in total. The van der Waals surface area contributed by atoms with Gasteiger partial charge in [0.1, 0.15) is 5.82 Å². The Balaban J connectivity index is 1.99. The van der Waals surface area contributed by atoms with Crippen LogP contribution >= 0.6 is 0 Å². The van der Waals surface area contributed by atoms with Crippen LogP contribution in [0.25, 0.3) is 0 Å². The van der Waals surface area contributed by atoms with Crippen LogP contribution in [0.15, 0.2) is 24.3 Å². The van der Waals surface area contributed by atoms with Gasteiger partial charge >= 0.3 is 12.0 Å². The number of rotatable bonds is 4. The zero-order valence-corrected chi connectivity index (χ0v) is 11.7. The zero-order valence-electron chi connectivity index (χ0n) is 11.7. The van der Waals surface area contributed by atoms with E-state index in [1.807, 2.05) is 0 Å². The molecule has 0 spiro atoms. The van der Waals surface area contributed by atoms with E-state index < -0.39 is 11.8 Å². The first kappa shape index (κ1) is 15.3. The lowest BCUT2D eigenvalue weighted by molar-refractivity contribution is -0.137. The van der Waals surface area contributed by atoms with E-state index in [9.17, 15) is 14.0 Å². The number of benzene rings is 1. The number of amides is 2. The van der Waals surface area contributed by atoms with Crippen LogP contribution in [0.1, 0.15) is 32.1 Å². The van der Waals surface area contributed by atoms with E-state index in [-0.39, 0.29) is 18.5 Å². The Morgan fingerprint density at radius 2 is 2.19 bits per heavy atom. The van der Waals surface area contributed by atoms with Crippen molar-refractivity contribution in [3.05, 3.63) is 30.1 Å². The smallest absolute Gasteiger partial charge is 0.322 e. The first-order chi connectivity index (χ1) is 10.1. The highest BCUT2D eigenvalue weighted by molar-refractivity contribution is 5.89. The standard InChI is InChI=1S/C15H19FN2O3/c16-11-4-3-5-12(10-11)17-15(21)18-9-2-1-6-13(18)7-8-14(19)20/h3-5,10,13H,1-2,6-9H2,(H,17,21)(H,19,20). The number of nitrogens with zero attached hydrogens (tertiary/aromatic N) is 1. The van der Waals surface area contributed by atoms with E-state index >= 15 is 0 Å². The summed E-state index contributed by atoms with van der Waals surface area (Å²) >= 11 is 0. The maximum atomic E-state index is 13.1. The molecule has 0 radical (unpaired) electrons. The SMILES string of the molecule is O=C(O)CCC1CCCCN1C(=O)Nc1cccc(F)c1. The third kappa shape index (κ3) is 4.44. The number of nitrogens with one attached hydrogen (secondary N) is 1. The van der Waals surface area contributed by atoms with Crippen LogP contribution in [-0.2, 0) is 4.79 Å². The van der Waals surface area contributed by atoms with Gasteiger partial charge in [0.25, 0.3) is 0 Å². The quantitative estimate of drug-likeness (QED) is 0.896. The number of piperidine rings is 1. The third-order valence-electron chi connectivity index (χ3n) is 3.66. The highest BCUT2D eigenvalue weighted by atomic mass is 19.1. The number of halogens is 1. The van der Waals surface area contributed by atoms with Gasteiger partial charge in [-0.05, 0) is 43.9 Å². The van der Waals surface area contributed by atoms with Crippen molar-refractivity contribution in [2.45, 2.75) is 38.1 Å². The van der Waals surface area contributed by atoms with Gasteiger partial charge in [-0.15, -0.1) is 0 Å². The minimum atomic E-state index is -0.855. The predicted octanol–water partition coefficient (Wildman–Crippen LogP) is 3.08. The Kier molecular flexibility index (Phi) is 5.14. The van der Waals surface area contributed by atoms with Gasteiger partial charge in [0.05, 0.1) is 0 Å². The highest BCUT2D eigenvalue weighted by Crippen LogP contribution is 2.22. The van der Waals surface area contributed by atoms with Crippen molar-refractivity contribution in [3.8, 4) is 0 Å². The molecule has 5 nitrogen and oxygen atoms in total. The maximum absolute atomic E-state index is 13.1. The van der Waals surface area contributed by atoms with Gasteiger partial charge in [0.15, 0.2) is 0 Å². The average molecular weight is 294 g/mol. The second kappa shape index (κ2) is 7.06. The van der Waals surface area contributed by atoms with E-state index in [4.69, 9.17) is 5.11 Å². The number of carboxylic acids is 1. The molecule has 0 aromatic heterocycles. The molecule has 0 bridgehead atoms. The van der Waals surface area contributed by atoms with Crippen LogP contribution < -0.4 is 5.32 Å². The predicted molar refractivity (Wildman–Crippen MR) is 76.6 cm³/mol. The van der Waals surface area contributed by atoms with Crippen molar-refractivity contribution in [1.82, 2.24) is 4.90 Å². The Labute approximate surface area is 122 Å². The second-order valence-electron chi connectivity index (χ2n) is 5.22. The number of carbonyl (C=O) groups excluding carboxylic acids is 1. The van der Waals surface area contributed by atoms with E-state index in [1.54, 1.807) is 11.0 Å². The summed E-state index contributed by atoms with van der Waals surface area (Å²) in [5, 5.41) is 11.4. The molecule has 1 aromatic carbocycles. The molecule has 1 atom stereocenters. The minimum absolute atomic E-state index is 0.0500. The molecule has 1 aliphatic rings. The normalized spacial score (nSPS) is 18.3. The number of carbonyl (C=O) groups is 2. The molecule has 0 aliphatic carbocycles. The largest absolute Gasteiger partial charge is 0.481 e. The first-order valence-electron chi connectivity index (χ1n) is 7.11. The third-order valence-corrected chi connectivity index (χ3v) is 3.66. The lowest BCUT2D eigenvalue weighted by Gasteiger charge is -2.35. The monoisotopic (exact) mass is 294 g/mol. The number of likely N-dealkylation sites (tertiary alicyclic amines) is 1. The molecular weight excluding hydrogens is 275 g/mol. The fourth-order valence-corrected chi connectivity index (χ4v) is 2.62. The molecule has 114 valence electrons. The molecule has 2 amide bonds. The molecule has 1 aliphatic heterocycles. The topological polar surface area (TPSA) is 69.6 Å². The number of hydrogen-bond acceptors (Lipinski definition) is 2. The fraction of sp³-hybridized carbons (Fsp3) is 0.467. The fourth-order valence-electron chi connectivity index (χ4n) is 2.62. The summed E-state index contributed by atoms with van der Waals surface area (Å²) in [6, 6.07) is 5.36. The number of aliphatic carboxylic acids is 1. The highest BCUT2D eigenvalue weighted by Gasteiger charge is 2.27. The molecule has 1 saturated heterocycles. The van der Waals surface area contributed by atoms with E-state index in [0.29, 0.717) is 18.7 Å². The first-order valence-corrected chi connectivity index (χ1v) is 7.11. The summed E-state index contributed by atoms with van der Waals surface area (Å²) < 4.78 is 13.1. The molecular formula is C15H19FN2O3. The van der Waals surface area contributed by atoms with Crippen LogP contribution in [0.5, 0.6) is 0 Å².